The van der Waals surface area contributed by atoms with Crippen LogP contribution in [0.1, 0.15) is 43.1 Å². The summed E-state index contributed by atoms with van der Waals surface area (Å²) in [6.07, 6.45) is -4.37. The summed E-state index contributed by atoms with van der Waals surface area (Å²) < 4.78 is 38.4. The van der Waals surface area contributed by atoms with Gasteiger partial charge in [0, 0.05) is 18.7 Å². The number of nitrogens with zero attached hydrogens (tertiary/aromatic N) is 3. The molecule has 0 saturated carbocycles. The maximum absolute atomic E-state index is 12.2. The Balaban J connectivity index is 2.20. The summed E-state index contributed by atoms with van der Waals surface area (Å²) in [6.45, 7) is 4.10. The van der Waals surface area contributed by atoms with Crippen molar-refractivity contribution in [2.24, 2.45) is 0 Å². The minimum atomic E-state index is -4.10. The zero-order valence-electron chi connectivity index (χ0n) is 11.9. The molecule has 0 fully saturated rings. The highest BCUT2D eigenvalue weighted by Crippen LogP contribution is 2.26. The van der Waals surface area contributed by atoms with E-state index in [1.807, 2.05) is 23.6 Å². The molecule has 0 aliphatic carbocycles. The van der Waals surface area contributed by atoms with Crippen molar-refractivity contribution in [1.82, 2.24) is 14.5 Å². The second-order valence-electron chi connectivity index (χ2n) is 5.11. The lowest BCUT2D eigenvalue weighted by atomic mass is 10.2. The third kappa shape index (κ3) is 4.09. The minimum absolute atomic E-state index is 0.0884. The molecular weight excluding hydrogens is 303 g/mol. The van der Waals surface area contributed by atoms with Gasteiger partial charge in [0.05, 0.1) is 5.38 Å². The van der Waals surface area contributed by atoms with E-state index in [2.05, 4.69) is 9.97 Å². The molecule has 3 nitrogen and oxygen atoms in total. The van der Waals surface area contributed by atoms with Gasteiger partial charge in [-0.2, -0.15) is 13.2 Å². The van der Waals surface area contributed by atoms with Crippen LogP contribution in [0.2, 0.25) is 0 Å². The Kier molecular flexibility index (Phi) is 4.76. The van der Waals surface area contributed by atoms with Crippen LogP contribution in [0, 0.1) is 6.92 Å². The summed E-state index contributed by atoms with van der Waals surface area (Å²) in [4.78, 5) is 8.85. The molecule has 2 aromatic heterocycles. The van der Waals surface area contributed by atoms with E-state index in [9.17, 15) is 13.2 Å². The quantitative estimate of drug-likeness (QED) is 0.587. The summed E-state index contributed by atoms with van der Waals surface area (Å²) in [7, 11) is 0. The van der Waals surface area contributed by atoms with Crippen molar-refractivity contribution in [2.75, 3.05) is 0 Å². The number of fused-ring (bicyclic) bond motifs is 1. The number of aromatic nitrogens is 3. The van der Waals surface area contributed by atoms with Crippen molar-refractivity contribution in [2.45, 2.75) is 51.2 Å². The molecule has 0 aliphatic heterocycles. The summed E-state index contributed by atoms with van der Waals surface area (Å²) in [6, 6.07) is 3.71. The molecule has 0 aromatic carbocycles. The molecule has 0 amide bonds. The van der Waals surface area contributed by atoms with Crippen molar-refractivity contribution < 1.29 is 13.2 Å². The molecule has 2 aromatic rings. The van der Waals surface area contributed by atoms with Gasteiger partial charge in [-0.05, 0) is 38.8 Å². The molecule has 0 N–H and O–H groups in total. The van der Waals surface area contributed by atoms with Gasteiger partial charge >= 0.3 is 6.18 Å². The first kappa shape index (κ1) is 16.1. The summed E-state index contributed by atoms with van der Waals surface area (Å²) in [5, 5.41) is -0.317. The normalized spacial score (nSPS) is 13.8. The summed E-state index contributed by atoms with van der Waals surface area (Å²) in [5.74, 6) is 0.650. The zero-order chi connectivity index (χ0) is 15.6. The molecule has 0 spiro atoms. The number of halogens is 4. The van der Waals surface area contributed by atoms with E-state index >= 15 is 0 Å². The standard InChI is InChI=1S/C14H17ClF3N3/c1-9-5-6-11-13(19-9)21(12(20-11)10(2)15)8-4-3-7-14(16,17)18/h5-6,10H,3-4,7-8H2,1-2H3. The number of imidazole rings is 1. The minimum Gasteiger partial charge on any atom is -0.311 e. The molecule has 2 rings (SSSR count). The first-order chi connectivity index (χ1) is 9.78. The smallest absolute Gasteiger partial charge is 0.311 e. The number of rotatable bonds is 5. The number of aryl methyl sites for hydroxylation is 2. The highest BCUT2D eigenvalue weighted by molar-refractivity contribution is 6.20. The zero-order valence-corrected chi connectivity index (χ0v) is 12.7. The van der Waals surface area contributed by atoms with Crippen LogP contribution in [0.5, 0.6) is 0 Å². The Bertz CT molecular complexity index is 620. The Morgan fingerprint density at radius 1 is 1.24 bits per heavy atom. The molecule has 0 aliphatic rings. The molecule has 1 atom stereocenters. The largest absolute Gasteiger partial charge is 0.389 e. The van der Waals surface area contributed by atoms with Gasteiger partial charge in [0.25, 0.3) is 0 Å². The van der Waals surface area contributed by atoms with E-state index in [-0.39, 0.29) is 11.8 Å². The molecule has 7 heteroatoms. The Hall–Kier alpha value is -1.30. The van der Waals surface area contributed by atoms with Crippen molar-refractivity contribution in [1.29, 1.82) is 0 Å². The lowest BCUT2D eigenvalue weighted by molar-refractivity contribution is -0.135. The average molecular weight is 320 g/mol. The van der Waals surface area contributed by atoms with Gasteiger partial charge in [0.1, 0.15) is 11.3 Å². The molecule has 0 radical (unpaired) electrons. The topological polar surface area (TPSA) is 30.7 Å². The highest BCUT2D eigenvalue weighted by atomic mass is 35.5. The molecule has 2 heterocycles. The van der Waals surface area contributed by atoms with Gasteiger partial charge in [0.15, 0.2) is 5.65 Å². The third-order valence-electron chi connectivity index (χ3n) is 3.21. The predicted molar refractivity (Wildman–Crippen MR) is 76.4 cm³/mol. The SMILES string of the molecule is Cc1ccc2nc(C(C)Cl)n(CCCCC(F)(F)F)c2n1. The van der Waals surface area contributed by atoms with Crippen molar-refractivity contribution in [3.63, 3.8) is 0 Å². The van der Waals surface area contributed by atoms with E-state index < -0.39 is 12.6 Å². The molecule has 21 heavy (non-hydrogen) atoms. The Morgan fingerprint density at radius 3 is 2.57 bits per heavy atom. The monoisotopic (exact) mass is 319 g/mol. The van der Waals surface area contributed by atoms with E-state index in [4.69, 9.17) is 11.6 Å². The van der Waals surface area contributed by atoms with Gasteiger partial charge in [-0.25, -0.2) is 9.97 Å². The summed E-state index contributed by atoms with van der Waals surface area (Å²) in [5.41, 5.74) is 2.25. The van der Waals surface area contributed by atoms with E-state index in [1.54, 1.807) is 6.92 Å². The van der Waals surface area contributed by atoms with E-state index in [0.717, 1.165) is 11.2 Å². The van der Waals surface area contributed by atoms with Crippen LogP contribution in [-0.4, -0.2) is 20.7 Å². The summed E-state index contributed by atoms with van der Waals surface area (Å²) >= 11 is 6.11. The maximum atomic E-state index is 12.2. The second-order valence-corrected chi connectivity index (χ2v) is 5.76. The van der Waals surface area contributed by atoms with Crippen LogP contribution in [0.15, 0.2) is 12.1 Å². The fraction of sp³-hybridized carbons (Fsp3) is 0.571. The van der Waals surface area contributed by atoms with E-state index in [1.165, 1.54) is 0 Å². The van der Waals surface area contributed by atoms with E-state index in [0.29, 0.717) is 24.4 Å². The van der Waals surface area contributed by atoms with Crippen molar-refractivity contribution >= 4 is 22.8 Å². The molecule has 0 bridgehead atoms. The first-order valence-corrected chi connectivity index (χ1v) is 7.26. The number of alkyl halides is 4. The van der Waals surface area contributed by atoms with Crippen molar-refractivity contribution in [3.8, 4) is 0 Å². The predicted octanol–water partition coefficient (Wildman–Crippen LogP) is 4.77. The van der Waals surface area contributed by atoms with Crippen LogP contribution in [0.4, 0.5) is 13.2 Å². The van der Waals surface area contributed by atoms with Gasteiger partial charge in [-0.15, -0.1) is 11.6 Å². The fourth-order valence-corrected chi connectivity index (χ4v) is 2.40. The molecular formula is C14H17ClF3N3. The van der Waals surface area contributed by atoms with Gasteiger partial charge in [0.2, 0.25) is 0 Å². The van der Waals surface area contributed by atoms with Crippen LogP contribution in [0.3, 0.4) is 0 Å². The van der Waals surface area contributed by atoms with Crippen LogP contribution in [0.25, 0.3) is 11.2 Å². The average Bonchev–Trinajstić information content (AvgIpc) is 2.72. The Labute approximate surface area is 126 Å². The lowest BCUT2D eigenvalue weighted by Crippen LogP contribution is -2.09. The van der Waals surface area contributed by atoms with Gasteiger partial charge in [-0.1, -0.05) is 0 Å². The Morgan fingerprint density at radius 2 is 1.95 bits per heavy atom. The number of hydrogen-bond donors (Lipinski definition) is 0. The fourth-order valence-electron chi connectivity index (χ4n) is 2.23. The number of pyridine rings is 1. The van der Waals surface area contributed by atoms with Crippen molar-refractivity contribution in [3.05, 3.63) is 23.7 Å². The first-order valence-electron chi connectivity index (χ1n) is 6.82. The highest BCUT2D eigenvalue weighted by Gasteiger charge is 2.26. The molecule has 116 valence electrons. The maximum Gasteiger partial charge on any atom is 0.389 e. The second kappa shape index (κ2) is 6.22. The molecule has 0 saturated heterocycles. The number of hydrogen-bond acceptors (Lipinski definition) is 2. The van der Waals surface area contributed by atoms with Gasteiger partial charge < -0.3 is 4.57 Å². The van der Waals surface area contributed by atoms with Crippen LogP contribution in [-0.2, 0) is 6.54 Å². The number of unbranched alkanes of at least 4 members (excludes halogenated alkanes) is 1. The van der Waals surface area contributed by atoms with Gasteiger partial charge in [-0.3, -0.25) is 0 Å². The third-order valence-corrected chi connectivity index (χ3v) is 3.40. The lowest BCUT2D eigenvalue weighted by Gasteiger charge is -2.11. The van der Waals surface area contributed by atoms with Crippen LogP contribution >= 0.6 is 11.6 Å². The molecule has 1 unspecified atom stereocenters. The van der Waals surface area contributed by atoms with Crippen LogP contribution < -0.4 is 0 Å².